The van der Waals surface area contributed by atoms with Gasteiger partial charge in [-0.3, -0.25) is 0 Å². The number of benzene rings is 1. The van der Waals surface area contributed by atoms with Crippen LogP contribution in [-0.2, 0) is 14.5 Å². The Bertz CT molecular complexity index is 893. The number of phenolic OH excluding ortho intramolecular Hbond substituents is 1. The van der Waals surface area contributed by atoms with E-state index in [0.717, 1.165) is 39.8 Å². The molecule has 1 aromatic rings. The van der Waals surface area contributed by atoms with Crippen LogP contribution in [0.25, 0.3) is 6.08 Å². The minimum atomic E-state index is -3.22. The van der Waals surface area contributed by atoms with E-state index < -0.39 is 22.2 Å². The number of hydrogen-bond acceptors (Lipinski definition) is 5. The molecule has 1 fully saturated rings. The summed E-state index contributed by atoms with van der Waals surface area (Å²) in [5, 5.41) is 19.3. The average Bonchev–Trinajstić information content (AvgIpc) is 2.79. The summed E-state index contributed by atoms with van der Waals surface area (Å²) in [5.74, 6) is 0.394. The fraction of sp³-hybridized carbons (Fsp3) is 0.500. The van der Waals surface area contributed by atoms with Gasteiger partial charge in [0.05, 0.1) is 17.1 Å². The van der Waals surface area contributed by atoms with Crippen LogP contribution in [0.1, 0.15) is 43.4 Å². The zero-order valence-corrected chi connectivity index (χ0v) is 17.1. The molecule has 1 aromatic carbocycles. The van der Waals surface area contributed by atoms with Crippen LogP contribution in [-0.4, -0.2) is 42.8 Å². The highest BCUT2D eigenvalue weighted by Gasteiger charge is 2.47. The number of rotatable bonds is 4. The summed E-state index contributed by atoms with van der Waals surface area (Å²) in [4.78, 5) is 0. The second kappa shape index (κ2) is 7.45. The molecule has 2 heterocycles. The normalized spacial score (nSPS) is 25.1. The zero-order chi connectivity index (χ0) is 19.9. The van der Waals surface area contributed by atoms with Gasteiger partial charge < -0.3 is 14.8 Å². The summed E-state index contributed by atoms with van der Waals surface area (Å²) < 4.78 is 30.3. The first-order chi connectivity index (χ1) is 12.6. The Labute approximate surface area is 161 Å². The minimum Gasteiger partial charge on any atom is -0.507 e. The zero-order valence-electron chi connectivity index (χ0n) is 16.3. The predicted molar refractivity (Wildman–Crippen MR) is 108 cm³/mol. The summed E-state index contributed by atoms with van der Waals surface area (Å²) in [6.45, 7) is 7.64. The first kappa shape index (κ1) is 20.2. The third-order valence-corrected chi connectivity index (χ3v) is 7.65. The highest BCUT2D eigenvalue weighted by atomic mass is 32.2. The largest absolute Gasteiger partial charge is 0.507 e. The summed E-state index contributed by atoms with van der Waals surface area (Å²) in [7, 11) is -4.25. The summed E-state index contributed by atoms with van der Waals surface area (Å²) >= 11 is 0. The van der Waals surface area contributed by atoms with Gasteiger partial charge in [-0.05, 0) is 74.9 Å². The number of phenols is 1. The molecule has 0 unspecified atom stereocenters. The molecule has 5 nitrogen and oxygen atoms in total. The van der Waals surface area contributed by atoms with Gasteiger partial charge in [0, 0.05) is 6.32 Å². The molecule has 0 bridgehead atoms. The maximum atomic E-state index is 12.3. The lowest BCUT2D eigenvalue weighted by Gasteiger charge is -2.31. The van der Waals surface area contributed by atoms with Crippen molar-refractivity contribution >= 4 is 23.0 Å². The van der Waals surface area contributed by atoms with E-state index in [-0.39, 0.29) is 18.2 Å². The quantitative estimate of drug-likeness (QED) is 0.610. The molecule has 2 aliphatic heterocycles. The molecule has 0 aliphatic carbocycles. The third-order valence-electron chi connectivity index (χ3n) is 5.50. The van der Waals surface area contributed by atoms with E-state index >= 15 is 0 Å². The van der Waals surface area contributed by atoms with Crippen molar-refractivity contribution < 1.29 is 23.2 Å². The maximum Gasteiger partial charge on any atom is 0.456 e. The number of sulfone groups is 1. The molecule has 146 valence electrons. The maximum absolute atomic E-state index is 12.3. The second-order valence-corrected chi connectivity index (χ2v) is 10.1. The van der Waals surface area contributed by atoms with Gasteiger partial charge in [0.25, 0.3) is 0 Å². The monoisotopic (exact) mass is 390 g/mol. The Hall–Kier alpha value is -1.57. The first-order valence-corrected chi connectivity index (χ1v) is 11.0. The van der Waals surface area contributed by atoms with Crippen LogP contribution in [0.5, 0.6) is 5.75 Å². The Kier molecular flexibility index (Phi) is 5.57. The number of hydrogen-bond donors (Lipinski definition) is 2. The molecular weight excluding hydrogens is 363 g/mol. The Morgan fingerprint density at radius 2 is 1.93 bits per heavy atom. The van der Waals surface area contributed by atoms with Crippen molar-refractivity contribution in [2.45, 2.75) is 58.2 Å². The smallest absolute Gasteiger partial charge is 0.456 e. The molecule has 2 aliphatic rings. The molecule has 27 heavy (non-hydrogen) atoms. The number of aryl methyl sites for hydroxylation is 2. The van der Waals surface area contributed by atoms with Crippen LogP contribution in [0.3, 0.4) is 0 Å². The van der Waals surface area contributed by atoms with Crippen molar-refractivity contribution in [1.29, 1.82) is 0 Å². The van der Waals surface area contributed by atoms with Gasteiger partial charge in [-0.15, -0.1) is 0 Å². The van der Waals surface area contributed by atoms with Gasteiger partial charge in [0.15, 0.2) is 9.84 Å². The van der Waals surface area contributed by atoms with Crippen molar-refractivity contribution in [2.24, 2.45) is 0 Å². The lowest BCUT2D eigenvalue weighted by atomic mass is 9.75. The van der Waals surface area contributed by atoms with Crippen molar-refractivity contribution in [3.63, 3.8) is 0 Å². The molecule has 2 N–H and O–H groups in total. The number of aromatic hydroxyl groups is 1. The lowest BCUT2D eigenvalue weighted by Crippen LogP contribution is -2.41. The molecule has 0 aromatic heterocycles. The van der Waals surface area contributed by atoms with E-state index in [1.807, 2.05) is 39.8 Å². The van der Waals surface area contributed by atoms with E-state index in [1.165, 1.54) is 0 Å². The number of allylic oxidation sites excluding steroid dienone is 1. The van der Waals surface area contributed by atoms with Crippen molar-refractivity contribution in [2.75, 3.05) is 5.75 Å². The lowest BCUT2D eigenvalue weighted by molar-refractivity contribution is 0.170. The molecule has 0 radical (unpaired) electrons. The molecule has 3 rings (SSSR count). The van der Waals surface area contributed by atoms with Crippen molar-refractivity contribution in [3.8, 4) is 5.75 Å². The Morgan fingerprint density at radius 1 is 1.30 bits per heavy atom. The SMILES string of the molecule is CC1=C2[C@@H](CC/C(C)=C/c3cc(C)c(O)c(C)c3)OB(O)C[C@@H]2S(=O)(=O)C1. The fourth-order valence-electron chi connectivity index (χ4n) is 4.22. The highest BCUT2D eigenvalue weighted by Crippen LogP contribution is 2.39. The number of fused-ring (bicyclic) bond motifs is 1. The van der Waals surface area contributed by atoms with Crippen LogP contribution in [0, 0.1) is 13.8 Å². The van der Waals surface area contributed by atoms with Crippen LogP contribution in [0.15, 0.2) is 28.9 Å². The third kappa shape index (κ3) is 4.15. The van der Waals surface area contributed by atoms with Gasteiger partial charge in [-0.1, -0.05) is 17.2 Å². The molecule has 0 spiro atoms. The van der Waals surface area contributed by atoms with E-state index in [9.17, 15) is 18.5 Å². The van der Waals surface area contributed by atoms with Gasteiger partial charge in [-0.25, -0.2) is 8.42 Å². The van der Waals surface area contributed by atoms with Crippen molar-refractivity contribution in [1.82, 2.24) is 0 Å². The fourth-order valence-corrected chi connectivity index (χ4v) is 6.39. The van der Waals surface area contributed by atoms with Gasteiger partial charge in [0.1, 0.15) is 5.75 Å². The van der Waals surface area contributed by atoms with Gasteiger partial charge >= 0.3 is 7.12 Å². The minimum absolute atomic E-state index is 0.0699. The standard InChI is InChI=1S/C20H27BO5S/c1-12(7-16-8-13(2)20(22)14(3)9-16)5-6-17-19-15(4)11-27(24,25)18(19)10-21(23)26-17/h7-9,17-18,22-23H,5-6,10-11H2,1-4H3/b12-7+/t17-,18+/m1/s1. The van der Waals surface area contributed by atoms with Crippen LogP contribution in [0.4, 0.5) is 0 Å². The predicted octanol–water partition coefficient (Wildman–Crippen LogP) is 3.19. The van der Waals surface area contributed by atoms with Crippen LogP contribution >= 0.6 is 0 Å². The van der Waals surface area contributed by atoms with E-state index in [1.54, 1.807) is 0 Å². The Balaban J connectivity index is 1.75. The Morgan fingerprint density at radius 3 is 2.56 bits per heavy atom. The summed E-state index contributed by atoms with van der Waals surface area (Å²) in [5.41, 5.74) is 5.56. The first-order valence-electron chi connectivity index (χ1n) is 9.30. The molecular formula is C20H27BO5S. The summed E-state index contributed by atoms with van der Waals surface area (Å²) in [6, 6.07) is 3.89. The molecule has 1 saturated heterocycles. The summed E-state index contributed by atoms with van der Waals surface area (Å²) in [6.07, 6.45) is 3.21. The molecule has 2 atom stereocenters. The second-order valence-electron chi connectivity index (χ2n) is 7.88. The highest BCUT2D eigenvalue weighted by molar-refractivity contribution is 7.92. The van der Waals surface area contributed by atoms with Gasteiger partial charge in [0.2, 0.25) is 0 Å². The van der Waals surface area contributed by atoms with Crippen LogP contribution < -0.4 is 0 Å². The van der Waals surface area contributed by atoms with E-state index in [0.29, 0.717) is 12.2 Å². The van der Waals surface area contributed by atoms with Crippen molar-refractivity contribution in [3.05, 3.63) is 45.5 Å². The average molecular weight is 390 g/mol. The van der Waals surface area contributed by atoms with Crippen LogP contribution in [0.2, 0.25) is 6.32 Å². The topological polar surface area (TPSA) is 83.8 Å². The van der Waals surface area contributed by atoms with E-state index in [4.69, 9.17) is 4.65 Å². The van der Waals surface area contributed by atoms with Gasteiger partial charge in [-0.2, -0.15) is 0 Å². The molecule has 0 amide bonds. The van der Waals surface area contributed by atoms with E-state index in [2.05, 4.69) is 6.08 Å². The molecule has 0 saturated carbocycles. The molecule has 7 heteroatoms.